The highest BCUT2D eigenvalue weighted by molar-refractivity contribution is 7.99. The highest BCUT2D eigenvalue weighted by atomic mass is 32.2. The molecule has 0 saturated heterocycles. The largest absolute Gasteiger partial charge is 0.303 e. The van der Waals surface area contributed by atoms with Gasteiger partial charge in [0.2, 0.25) is 0 Å². The molecule has 0 amide bonds. The van der Waals surface area contributed by atoms with E-state index in [9.17, 15) is 0 Å². The average Bonchev–Trinajstić information content (AvgIpc) is 2.29. The van der Waals surface area contributed by atoms with E-state index in [1.807, 2.05) is 11.8 Å². The Balaban J connectivity index is 2.25. The molecule has 0 aliphatic carbocycles. The van der Waals surface area contributed by atoms with Crippen molar-refractivity contribution in [3.63, 3.8) is 0 Å². The minimum Gasteiger partial charge on any atom is -0.303 e. The van der Waals surface area contributed by atoms with Crippen molar-refractivity contribution in [2.45, 2.75) is 31.7 Å². The molecule has 1 rings (SSSR count). The van der Waals surface area contributed by atoms with Crippen molar-refractivity contribution in [3.8, 4) is 0 Å². The van der Waals surface area contributed by atoms with E-state index in [4.69, 9.17) is 0 Å². The third-order valence-corrected chi connectivity index (χ3v) is 4.11. The molecule has 1 nitrogen and oxygen atoms in total. The van der Waals surface area contributed by atoms with Crippen molar-refractivity contribution in [3.05, 3.63) is 30.3 Å². The van der Waals surface area contributed by atoms with Crippen LogP contribution in [0.1, 0.15) is 20.8 Å². The van der Waals surface area contributed by atoms with Crippen LogP contribution in [-0.2, 0) is 0 Å². The average molecular weight is 237 g/mol. The lowest BCUT2D eigenvalue weighted by Gasteiger charge is -2.27. The van der Waals surface area contributed by atoms with Gasteiger partial charge in [-0.15, -0.1) is 11.8 Å². The van der Waals surface area contributed by atoms with Gasteiger partial charge >= 0.3 is 0 Å². The lowest BCUT2D eigenvalue weighted by molar-refractivity contribution is 0.220. The van der Waals surface area contributed by atoms with Crippen LogP contribution >= 0.6 is 11.8 Å². The zero-order chi connectivity index (χ0) is 12.0. The zero-order valence-electron chi connectivity index (χ0n) is 10.8. The van der Waals surface area contributed by atoms with Gasteiger partial charge in [-0.1, -0.05) is 32.0 Å². The van der Waals surface area contributed by atoms with Crippen molar-refractivity contribution in [1.29, 1.82) is 0 Å². The Hall–Kier alpha value is -0.470. The van der Waals surface area contributed by atoms with E-state index in [0.717, 1.165) is 18.2 Å². The number of hydrogen-bond acceptors (Lipinski definition) is 2. The van der Waals surface area contributed by atoms with Gasteiger partial charge in [-0.2, -0.15) is 0 Å². The fraction of sp³-hybridized carbons (Fsp3) is 0.571. The topological polar surface area (TPSA) is 3.24 Å². The van der Waals surface area contributed by atoms with Crippen molar-refractivity contribution < 1.29 is 0 Å². The summed E-state index contributed by atoms with van der Waals surface area (Å²) < 4.78 is 0. The summed E-state index contributed by atoms with van der Waals surface area (Å²) >= 11 is 1.94. The number of thioether (sulfide) groups is 1. The van der Waals surface area contributed by atoms with Crippen molar-refractivity contribution >= 4 is 11.8 Å². The Morgan fingerprint density at radius 1 is 1.12 bits per heavy atom. The molecule has 90 valence electrons. The molecule has 0 spiro atoms. The van der Waals surface area contributed by atoms with Gasteiger partial charge in [-0.3, -0.25) is 0 Å². The third kappa shape index (κ3) is 4.58. The summed E-state index contributed by atoms with van der Waals surface area (Å²) in [5.74, 6) is 1.89. The highest BCUT2D eigenvalue weighted by Gasteiger charge is 2.12. The van der Waals surface area contributed by atoms with Crippen molar-refractivity contribution in [1.82, 2.24) is 4.90 Å². The summed E-state index contributed by atoms with van der Waals surface area (Å²) in [6, 6.07) is 11.3. The SMILES string of the molecule is CC(C)C(C)N(C)CCSc1ccccc1. The summed E-state index contributed by atoms with van der Waals surface area (Å²) in [4.78, 5) is 3.81. The monoisotopic (exact) mass is 237 g/mol. The van der Waals surface area contributed by atoms with Gasteiger partial charge in [0.25, 0.3) is 0 Å². The molecular formula is C14H23NS. The van der Waals surface area contributed by atoms with Crippen LogP contribution in [0.2, 0.25) is 0 Å². The second kappa shape index (κ2) is 6.97. The van der Waals surface area contributed by atoms with E-state index >= 15 is 0 Å². The predicted molar refractivity (Wildman–Crippen MR) is 74.1 cm³/mol. The first kappa shape index (κ1) is 13.6. The molecule has 0 radical (unpaired) electrons. The molecule has 0 N–H and O–H groups in total. The lowest BCUT2D eigenvalue weighted by atomic mass is 10.1. The molecule has 0 aliphatic heterocycles. The van der Waals surface area contributed by atoms with Gasteiger partial charge < -0.3 is 4.90 Å². The minimum atomic E-state index is 0.663. The standard InChI is InChI=1S/C14H23NS/c1-12(2)13(3)15(4)10-11-16-14-8-6-5-7-9-14/h5-9,12-13H,10-11H2,1-4H3. The van der Waals surface area contributed by atoms with E-state index in [1.165, 1.54) is 4.90 Å². The maximum Gasteiger partial charge on any atom is 0.0108 e. The maximum atomic E-state index is 2.45. The van der Waals surface area contributed by atoms with Gasteiger partial charge in [-0.25, -0.2) is 0 Å². The fourth-order valence-corrected chi connectivity index (χ4v) is 2.50. The molecule has 1 aromatic rings. The van der Waals surface area contributed by atoms with E-state index in [0.29, 0.717) is 6.04 Å². The van der Waals surface area contributed by atoms with Crippen LogP contribution in [-0.4, -0.2) is 30.3 Å². The first-order valence-corrected chi connectivity index (χ1v) is 6.98. The maximum absolute atomic E-state index is 2.45. The molecule has 1 aromatic carbocycles. The number of nitrogens with zero attached hydrogens (tertiary/aromatic N) is 1. The van der Waals surface area contributed by atoms with E-state index < -0.39 is 0 Å². The van der Waals surface area contributed by atoms with Crippen molar-refractivity contribution in [2.24, 2.45) is 5.92 Å². The molecule has 1 atom stereocenters. The van der Waals surface area contributed by atoms with E-state index in [1.54, 1.807) is 0 Å². The molecule has 16 heavy (non-hydrogen) atoms. The number of benzene rings is 1. The molecular weight excluding hydrogens is 214 g/mol. The van der Waals surface area contributed by atoms with Gasteiger partial charge in [0.1, 0.15) is 0 Å². The summed E-state index contributed by atoms with van der Waals surface area (Å²) in [5.41, 5.74) is 0. The Kier molecular flexibility index (Phi) is 5.93. The highest BCUT2D eigenvalue weighted by Crippen LogP contribution is 2.17. The molecule has 0 aromatic heterocycles. The van der Waals surface area contributed by atoms with Gasteiger partial charge in [0.05, 0.1) is 0 Å². The summed E-state index contributed by atoms with van der Waals surface area (Å²) in [6.45, 7) is 8.02. The zero-order valence-corrected chi connectivity index (χ0v) is 11.6. The fourth-order valence-electron chi connectivity index (χ4n) is 1.54. The van der Waals surface area contributed by atoms with Crippen LogP contribution in [0.25, 0.3) is 0 Å². The van der Waals surface area contributed by atoms with Crippen molar-refractivity contribution in [2.75, 3.05) is 19.3 Å². The molecule has 1 unspecified atom stereocenters. The molecule has 0 aliphatic rings. The van der Waals surface area contributed by atoms with Gasteiger partial charge in [0, 0.05) is 23.2 Å². The molecule has 0 bridgehead atoms. The third-order valence-electron chi connectivity index (χ3n) is 3.12. The van der Waals surface area contributed by atoms with Gasteiger partial charge in [-0.05, 0) is 32.0 Å². The van der Waals surface area contributed by atoms with Crippen LogP contribution in [0.5, 0.6) is 0 Å². The lowest BCUT2D eigenvalue weighted by Crippen LogP contribution is -2.34. The summed E-state index contributed by atoms with van der Waals surface area (Å²) in [5, 5.41) is 0. The molecule has 0 heterocycles. The summed E-state index contributed by atoms with van der Waals surface area (Å²) in [7, 11) is 2.22. The first-order valence-electron chi connectivity index (χ1n) is 5.99. The van der Waals surface area contributed by atoms with E-state index in [2.05, 4.69) is 63.1 Å². The smallest absolute Gasteiger partial charge is 0.0108 e. The van der Waals surface area contributed by atoms with E-state index in [-0.39, 0.29) is 0 Å². The van der Waals surface area contributed by atoms with Crippen LogP contribution in [0, 0.1) is 5.92 Å². The van der Waals surface area contributed by atoms with Crippen LogP contribution in [0.3, 0.4) is 0 Å². The Labute approximate surface area is 104 Å². The number of rotatable bonds is 6. The quantitative estimate of drug-likeness (QED) is 0.693. The Morgan fingerprint density at radius 2 is 1.75 bits per heavy atom. The van der Waals surface area contributed by atoms with Crippen LogP contribution < -0.4 is 0 Å². The normalized spacial score (nSPS) is 13.4. The molecule has 0 saturated carbocycles. The summed E-state index contributed by atoms with van der Waals surface area (Å²) in [6.07, 6.45) is 0. The second-order valence-corrected chi connectivity index (χ2v) is 5.80. The molecule has 0 fully saturated rings. The first-order chi connectivity index (χ1) is 7.61. The minimum absolute atomic E-state index is 0.663. The molecule has 2 heteroatoms. The van der Waals surface area contributed by atoms with Crippen LogP contribution in [0.4, 0.5) is 0 Å². The second-order valence-electron chi connectivity index (χ2n) is 4.63. The van der Waals surface area contributed by atoms with Gasteiger partial charge in [0.15, 0.2) is 0 Å². The number of hydrogen-bond donors (Lipinski definition) is 0. The Bertz CT molecular complexity index is 284. The predicted octanol–water partition coefficient (Wildman–Crippen LogP) is 3.76. The Morgan fingerprint density at radius 3 is 2.31 bits per heavy atom. The van der Waals surface area contributed by atoms with Crippen LogP contribution in [0.15, 0.2) is 35.2 Å².